The smallest absolute Gasteiger partial charge is 0.429 e. The first-order valence-electron chi connectivity index (χ1n) is 16.3. The molecular formula is C30H40N4O18P2+2. The quantitative estimate of drug-likeness (QED) is 0.0696. The van der Waals surface area contributed by atoms with E-state index in [1.54, 1.807) is 49.1 Å². The second-order valence-electron chi connectivity index (χ2n) is 12.4. The van der Waals surface area contributed by atoms with E-state index in [0.717, 1.165) is 0 Å². The number of hydrogen-bond acceptors (Lipinski definition) is 22. The molecule has 6 heterocycles. The van der Waals surface area contributed by atoms with E-state index in [-0.39, 0.29) is 13.2 Å². The standard InChI is InChI=1S/C30H40N4O18P2/c31-29(15-45-53(41)43-13-7-19(51-53)17-3-9-33-10-4-17)25(39)23(37)27(49-29)47-21(35)1-2-22(36)48-28-24(38)26(40)30(32,50-28)16-46-54(42)44-14-8-20(52-54)18-5-11-34-12-6-18/h1-6,9-12,19-20,23-28,37-42H,7-8,13-16,31-32H2/q+2/b2-1-/t19-,20-,23-,24-,25-,26-,27+,28+,29+,30+,53?,54?/m0/s1. The molecule has 12 atom stereocenters. The number of hydrogen-bond donors (Lipinski definition) is 8. The van der Waals surface area contributed by atoms with Gasteiger partial charge in [-0.25, -0.2) is 9.59 Å². The van der Waals surface area contributed by atoms with Crippen LogP contribution in [0.1, 0.15) is 36.2 Å². The summed E-state index contributed by atoms with van der Waals surface area (Å²) >= 11 is 0. The summed E-state index contributed by atoms with van der Waals surface area (Å²) < 4.78 is 53.4. The zero-order valence-corrected chi connectivity index (χ0v) is 29.9. The Kier molecular flexibility index (Phi) is 12.7. The van der Waals surface area contributed by atoms with Crippen molar-refractivity contribution in [2.75, 3.05) is 26.4 Å². The van der Waals surface area contributed by atoms with Crippen molar-refractivity contribution in [2.24, 2.45) is 11.5 Å². The average Bonchev–Trinajstić information content (AvgIpc) is 3.51. The number of esters is 2. The highest BCUT2D eigenvalue weighted by Crippen LogP contribution is 2.65. The van der Waals surface area contributed by atoms with E-state index in [1.807, 2.05) is 0 Å². The average molecular weight is 807 g/mol. The Morgan fingerprint density at radius 1 is 0.722 bits per heavy atom. The second kappa shape index (κ2) is 16.7. The second-order valence-corrected chi connectivity index (χ2v) is 15.8. The number of ether oxygens (including phenoxy) is 4. The zero-order chi connectivity index (χ0) is 38.7. The molecule has 0 saturated carbocycles. The van der Waals surface area contributed by atoms with Crippen molar-refractivity contribution in [2.45, 2.75) is 73.5 Å². The molecule has 0 aliphatic carbocycles. The number of carbonyl (C=O) groups excluding carboxylic acids is 2. The maximum absolute atomic E-state index is 12.5. The summed E-state index contributed by atoms with van der Waals surface area (Å²) in [5, 5.41) is 42.1. The summed E-state index contributed by atoms with van der Waals surface area (Å²) in [5.74, 6) is -2.55. The summed E-state index contributed by atoms with van der Waals surface area (Å²) in [6.45, 7) is -1.42. The van der Waals surface area contributed by atoms with E-state index in [9.17, 15) is 39.8 Å². The van der Waals surface area contributed by atoms with Crippen LogP contribution in [0.3, 0.4) is 0 Å². The Bertz CT molecular complexity index is 1520. The lowest BCUT2D eigenvalue weighted by Crippen LogP contribution is -2.54. The molecule has 4 aliphatic heterocycles. The Labute approximate surface area is 307 Å². The number of aliphatic hydroxyl groups is 4. The van der Waals surface area contributed by atoms with Crippen molar-refractivity contribution >= 4 is 28.3 Å². The number of rotatable bonds is 12. The minimum atomic E-state index is -3.98. The van der Waals surface area contributed by atoms with Gasteiger partial charge in [-0.1, -0.05) is 0 Å². The van der Waals surface area contributed by atoms with Gasteiger partial charge in [-0.3, -0.25) is 21.4 Å². The van der Waals surface area contributed by atoms with Crippen LogP contribution in [0.5, 0.6) is 0 Å². The molecule has 4 fully saturated rings. The van der Waals surface area contributed by atoms with Crippen LogP contribution >= 0.6 is 16.3 Å². The van der Waals surface area contributed by atoms with Crippen LogP contribution in [0.2, 0.25) is 0 Å². The monoisotopic (exact) mass is 806 g/mol. The summed E-state index contributed by atoms with van der Waals surface area (Å²) in [4.78, 5) is 54.5. The number of nitrogens with zero attached hydrogens (tertiary/aromatic N) is 2. The van der Waals surface area contributed by atoms with E-state index >= 15 is 0 Å². The van der Waals surface area contributed by atoms with Crippen LogP contribution in [0.25, 0.3) is 0 Å². The molecule has 4 aliphatic rings. The predicted molar refractivity (Wildman–Crippen MR) is 176 cm³/mol. The molecule has 0 amide bonds. The van der Waals surface area contributed by atoms with E-state index in [4.69, 9.17) is 57.6 Å². The predicted octanol–water partition coefficient (Wildman–Crippen LogP) is -1.39. The van der Waals surface area contributed by atoms with Crippen LogP contribution in [-0.2, 0) is 55.7 Å². The van der Waals surface area contributed by atoms with Crippen molar-refractivity contribution < 1.29 is 85.9 Å². The molecule has 0 spiro atoms. The van der Waals surface area contributed by atoms with Crippen molar-refractivity contribution in [3.8, 4) is 0 Å². The first-order chi connectivity index (χ1) is 25.6. The van der Waals surface area contributed by atoms with Gasteiger partial charge in [0.1, 0.15) is 63.1 Å². The molecule has 6 rings (SSSR count). The third-order valence-corrected chi connectivity index (χ3v) is 11.5. The van der Waals surface area contributed by atoms with Crippen LogP contribution in [0.15, 0.2) is 61.2 Å². The van der Waals surface area contributed by atoms with E-state index in [0.29, 0.717) is 36.1 Å². The largest absolute Gasteiger partial charge is 0.573 e. The molecule has 2 aromatic rings. The molecule has 10 N–H and O–H groups in total. The van der Waals surface area contributed by atoms with Crippen molar-refractivity contribution in [3.05, 3.63) is 72.3 Å². The first-order valence-corrected chi connectivity index (χ1v) is 19.3. The minimum absolute atomic E-state index is 0.0640. The van der Waals surface area contributed by atoms with Gasteiger partial charge in [-0.05, 0) is 35.4 Å². The summed E-state index contributed by atoms with van der Waals surface area (Å²) in [5.41, 5.74) is 9.13. The van der Waals surface area contributed by atoms with Crippen LogP contribution < -0.4 is 11.5 Å². The molecule has 54 heavy (non-hydrogen) atoms. The lowest BCUT2D eigenvalue weighted by molar-refractivity contribution is -0.203. The third-order valence-electron chi connectivity index (χ3n) is 8.55. The fourth-order valence-electron chi connectivity index (χ4n) is 5.61. The van der Waals surface area contributed by atoms with Gasteiger partial charge in [-0.15, -0.1) is 18.1 Å². The first kappa shape index (κ1) is 40.9. The fraction of sp³-hybridized carbons (Fsp3) is 0.533. The number of carbonyl (C=O) groups is 2. The molecule has 296 valence electrons. The minimum Gasteiger partial charge on any atom is -0.429 e. The van der Waals surface area contributed by atoms with Gasteiger partial charge in [0.15, 0.2) is 11.4 Å². The molecule has 2 aromatic heterocycles. The molecule has 0 bridgehead atoms. The lowest BCUT2D eigenvalue weighted by Gasteiger charge is -2.29. The summed E-state index contributed by atoms with van der Waals surface area (Å²) in [6, 6.07) is 6.75. The lowest BCUT2D eigenvalue weighted by atomic mass is 10.1. The highest BCUT2D eigenvalue weighted by molar-refractivity contribution is 7.55. The SMILES string of the molecule is N[C@]1(CO[P+]2(O)OCC[C@@H](c3ccncc3)O2)O[C@@H](OC(=O)/C=C\C(=O)O[C@@H]2O[C@](N)(CO[P+]3(O)OCC[C@@H](c4ccncc4)O3)[C@@H](O)[C@@H]2O)[C@@H](O)[C@@H]1O. The normalized spacial score (nSPS) is 39.8. The number of aromatic nitrogens is 2. The molecule has 24 heteroatoms. The van der Waals surface area contributed by atoms with Gasteiger partial charge in [-0.2, -0.15) is 18.8 Å². The van der Waals surface area contributed by atoms with Gasteiger partial charge in [0.05, 0.1) is 0 Å². The highest BCUT2D eigenvalue weighted by Gasteiger charge is 2.60. The van der Waals surface area contributed by atoms with Gasteiger partial charge >= 0.3 is 28.3 Å². The van der Waals surface area contributed by atoms with Gasteiger partial charge in [0, 0.05) is 49.8 Å². The molecule has 22 nitrogen and oxygen atoms in total. The Morgan fingerprint density at radius 3 is 1.46 bits per heavy atom. The zero-order valence-electron chi connectivity index (χ0n) is 28.2. The molecule has 2 unspecified atom stereocenters. The Balaban J connectivity index is 0.968. The molecule has 0 radical (unpaired) electrons. The number of nitrogens with two attached hydrogens (primary N) is 2. The van der Waals surface area contributed by atoms with Gasteiger partial charge in [0.25, 0.3) is 0 Å². The number of aliphatic hydroxyl groups excluding tert-OH is 4. The third kappa shape index (κ3) is 9.41. The Morgan fingerprint density at radius 2 is 1.09 bits per heavy atom. The van der Waals surface area contributed by atoms with Crippen molar-refractivity contribution in [1.29, 1.82) is 0 Å². The maximum Gasteiger partial charge on any atom is 0.573 e. The summed E-state index contributed by atoms with van der Waals surface area (Å²) in [7, 11) is -7.95. The number of pyridine rings is 2. The van der Waals surface area contributed by atoms with Gasteiger partial charge in [0.2, 0.25) is 12.6 Å². The van der Waals surface area contributed by atoms with E-state index < -0.39 is 102 Å². The van der Waals surface area contributed by atoms with Crippen molar-refractivity contribution in [3.63, 3.8) is 0 Å². The van der Waals surface area contributed by atoms with Crippen LogP contribution in [0, 0.1) is 0 Å². The van der Waals surface area contributed by atoms with Crippen LogP contribution in [-0.4, -0.2) is 127 Å². The van der Waals surface area contributed by atoms with Gasteiger partial charge < -0.3 is 39.4 Å². The topological polar surface area (TPSA) is 326 Å². The fourth-order valence-corrected chi connectivity index (χ4v) is 8.50. The maximum atomic E-state index is 12.5. The van der Waals surface area contributed by atoms with E-state index in [1.165, 1.54) is 0 Å². The van der Waals surface area contributed by atoms with Crippen LogP contribution in [0.4, 0.5) is 0 Å². The Hall–Kier alpha value is -2.80. The highest BCUT2D eigenvalue weighted by atomic mass is 31.2. The van der Waals surface area contributed by atoms with E-state index in [2.05, 4.69) is 9.97 Å². The molecular weight excluding hydrogens is 766 g/mol. The molecule has 0 aromatic carbocycles. The summed E-state index contributed by atoms with van der Waals surface area (Å²) in [6.07, 6.45) is -4.43. The molecule has 4 saturated heterocycles. The van der Waals surface area contributed by atoms with Crippen molar-refractivity contribution in [1.82, 2.24) is 9.97 Å².